The summed E-state index contributed by atoms with van der Waals surface area (Å²) in [6, 6.07) is 12.1. The molecule has 0 fully saturated rings. The van der Waals surface area contributed by atoms with E-state index in [0.29, 0.717) is 21.8 Å². The number of hydrogen-bond acceptors (Lipinski definition) is 5. The molecular formula is C20H18N2O4S. The number of thiophene rings is 1. The number of Topliss-reactive ketones (excluding diaryl/α,β-unsaturated/α-hetero) is 1. The van der Waals surface area contributed by atoms with E-state index in [-0.39, 0.29) is 5.78 Å². The highest BCUT2D eigenvalue weighted by Crippen LogP contribution is 2.23. The van der Waals surface area contributed by atoms with Crippen LogP contribution in [-0.4, -0.2) is 28.3 Å². The maximum absolute atomic E-state index is 12.5. The largest absolute Gasteiger partial charge is 0.448 e. The third-order valence-electron chi connectivity index (χ3n) is 3.92. The van der Waals surface area contributed by atoms with Crippen molar-refractivity contribution in [3.8, 4) is 5.69 Å². The summed E-state index contributed by atoms with van der Waals surface area (Å²) in [7, 11) is 0. The number of nitrogens with zero attached hydrogens (tertiary/aromatic N) is 1. The molecule has 1 amide bonds. The average molecular weight is 382 g/mol. The van der Waals surface area contributed by atoms with Gasteiger partial charge in [0, 0.05) is 23.6 Å². The zero-order chi connectivity index (χ0) is 19.4. The van der Waals surface area contributed by atoms with E-state index in [1.165, 1.54) is 25.2 Å². The number of amides is 1. The zero-order valence-corrected chi connectivity index (χ0v) is 15.7. The smallest absolute Gasteiger partial charge is 0.351 e. The second-order valence-corrected chi connectivity index (χ2v) is 6.81. The predicted octanol–water partition coefficient (Wildman–Crippen LogP) is 3.93. The summed E-state index contributed by atoms with van der Waals surface area (Å²) in [6.07, 6.45) is 2.70. The number of carbonyl (C=O) groups is 3. The highest BCUT2D eigenvalue weighted by Gasteiger charge is 2.22. The molecule has 3 aromatic rings. The predicted molar refractivity (Wildman–Crippen MR) is 104 cm³/mol. The van der Waals surface area contributed by atoms with Gasteiger partial charge >= 0.3 is 5.97 Å². The Morgan fingerprint density at radius 2 is 1.74 bits per heavy atom. The summed E-state index contributed by atoms with van der Waals surface area (Å²) in [4.78, 5) is 36.5. The van der Waals surface area contributed by atoms with Crippen LogP contribution in [0.5, 0.6) is 0 Å². The van der Waals surface area contributed by atoms with E-state index in [2.05, 4.69) is 5.32 Å². The van der Waals surface area contributed by atoms with Gasteiger partial charge in [0.2, 0.25) is 0 Å². The Balaban J connectivity index is 1.64. The molecule has 0 bridgehead atoms. The van der Waals surface area contributed by atoms with E-state index in [1.807, 2.05) is 35.2 Å². The molecule has 0 saturated carbocycles. The molecule has 6 nitrogen and oxygen atoms in total. The second kappa shape index (κ2) is 8.01. The van der Waals surface area contributed by atoms with Crippen LogP contribution >= 0.6 is 11.3 Å². The standard InChI is InChI=1S/C20H18N2O4S/c1-13(23)15-5-7-16(8-6-15)21-19(24)14(2)26-20(25)18-17(9-12-27-18)22-10-3-4-11-22/h3-12,14H,1-2H3,(H,21,24)/t14-/m1/s1. The quantitative estimate of drug-likeness (QED) is 0.518. The van der Waals surface area contributed by atoms with Crippen molar-refractivity contribution >= 4 is 34.7 Å². The Morgan fingerprint density at radius 3 is 2.37 bits per heavy atom. The summed E-state index contributed by atoms with van der Waals surface area (Å²) in [6.45, 7) is 2.99. The van der Waals surface area contributed by atoms with Gasteiger partial charge in [-0.25, -0.2) is 4.79 Å². The normalized spacial score (nSPS) is 11.6. The fourth-order valence-electron chi connectivity index (χ4n) is 2.45. The van der Waals surface area contributed by atoms with Crippen molar-refractivity contribution in [3.63, 3.8) is 0 Å². The van der Waals surface area contributed by atoms with Gasteiger partial charge < -0.3 is 14.6 Å². The lowest BCUT2D eigenvalue weighted by Crippen LogP contribution is -2.30. The van der Waals surface area contributed by atoms with E-state index in [9.17, 15) is 14.4 Å². The van der Waals surface area contributed by atoms with Crippen LogP contribution in [0.1, 0.15) is 33.9 Å². The van der Waals surface area contributed by atoms with Crippen molar-refractivity contribution < 1.29 is 19.1 Å². The van der Waals surface area contributed by atoms with E-state index < -0.39 is 18.0 Å². The molecule has 7 heteroatoms. The van der Waals surface area contributed by atoms with Crippen LogP contribution < -0.4 is 5.32 Å². The van der Waals surface area contributed by atoms with E-state index >= 15 is 0 Å². The molecule has 2 heterocycles. The lowest BCUT2D eigenvalue weighted by Gasteiger charge is -2.14. The molecule has 1 aromatic carbocycles. The molecule has 3 rings (SSSR count). The third-order valence-corrected chi connectivity index (χ3v) is 4.81. The molecule has 1 atom stereocenters. The summed E-state index contributed by atoms with van der Waals surface area (Å²) in [5, 5.41) is 4.47. The third kappa shape index (κ3) is 4.32. The minimum absolute atomic E-state index is 0.0513. The molecule has 0 aliphatic heterocycles. The number of benzene rings is 1. The minimum Gasteiger partial charge on any atom is -0.448 e. The van der Waals surface area contributed by atoms with Gasteiger partial charge in [-0.15, -0.1) is 11.3 Å². The molecule has 27 heavy (non-hydrogen) atoms. The van der Waals surface area contributed by atoms with Crippen LogP contribution in [-0.2, 0) is 9.53 Å². The molecule has 0 unspecified atom stereocenters. The van der Waals surface area contributed by atoms with E-state index in [1.54, 1.807) is 29.6 Å². The monoisotopic (exact) mass is 382 g/mol. The number of carbonyl (C=O) groups excluding carboxylic acids is 3. The first-order chi connectivity index (χ1) is 13.0. The maximum atomic E-state index is 12.5. The van der Waals surface area contributed by atoms with Gasteiger partial charge in [0.25, 0.3) is 5.91 Å². The highest BCUT2D eigenvalue weighted by atomic mass is 32.1. The number of rotatable bonds is 6. The van der Waals surface area contributed by atoms with Crippen LogP contribution in [0.2, 0.25) is 0 Å². The number of aromatic nitrogens is 1. The molecule has 2 aromatic heterocycles. The van der Waals surface area contributed by atoms with Gasteiger partial charge in [-0.1, -0.05) is 0 Å². The topological polar surface area (TPSA) is 77.4 Å². The molecule has 0 radical (unpaired) electrons. The van der Waals surface area contributed by atoms with Gasteiger partial charge in [-0.2, -0.15) is 0 Å². The Bertz CT molecular complexity index is 958. The molecule has 0 aliphatic carbocycles. The summed E-state index contributed by atoms with van der Waals surface area (Å²) < 4.78 is 7.14. The molecule has 138 valence electrons. The van der Waals surface area contributed by atoms with Crippen molar-refractivity contribution in [2.75, 3.05) is 5.32 Å². The molecule has 0 saturated heterocycles. The van der Waals surface area contributed by atoms with Gasteiger partial charge in [-0.3, -0.25) is 9.59 Å². The summed E-state index contributed by atoms with van der Waals surface area (Å²) >= 11 is 1.26. The maximum Gasteiger partial charge on any atom is 0.351 e. The number of nitrogens with one attached hydrogen (secondary N) is 1. The van der Waals surface area contributed by atoms with Crippen molar-refractivity contribution in [1.29, 1.82) is 0 Å². The highest BCUT2D eigenvalue weighted by molar-refractivity contribution is 7.12. The Kier molecular flexibility index (Phi) is 5.52. The van der Waals surface area contributed by atoms with Crippen molar-refractivity contribution in [2.24, 2.45) is 0 Å². The van der Waals surface area contributed by atoms with Crippen LogP contribution in [0.3, 0.4) is 0 Å². The van der Waals surface area contributed by atoms with E-state index in [4.69, 9.17) is 4.74 Å². The summed E-state index contributed by atoms with van der Waals surface area (Å²) in [5.41, 5.74) is 1.79. The van der Waals surface area contributed by atoms with Gasteiger partial charge in [-0.05, 0) is 61.7 Å². The van der Waals surface area contributed by atoms with Crippen LogP contribution in [0.4, 0.5) is 5.69 Å². The first-order valence-corrected chi connectivity index (χ1v) is 9.17. The van der Waals surface area contributed by atoms with Crippen molar-refractivity contribution in [3.05, 3.63) is 70.7 Å². The molecule has 0 aliphatic rings. The average Bonchev–Trinajstić information content (AvgIpc) is 3.33. The SMILES string of the molecule is CC(=O)c1ccc(NC(=O)[C@@H](C)OC(=O)c2sccc2-n2cccc2)cc1. The van der Waals surface area contributed by atoms with Gasteiger partial charge in [0.15, 0.2) is 11.9 Å². The molecule has 1 N–H and O–H groups in total. The number of esters is 1. The lowest BCUT2D eigenvalue weighted by atomic mass is 10.1. The molecule has 0 spiro atoms. The number of anilines is 1. The van der Waals surface area contributed by atoms with Gasteiger partial charge in [0.1, 0.15) is 4.88 Å². The zero-order valence-electron chi connectivity index (χ0n) is 14.8. The Morgan fingerprint density at radius 1 is 1.07 bits per heavy atom. The first-order valence-electron chi connectivity index (χ1n) is 8.29. The first kappa shape index (κ1) is 18.6. The Hall–Kier alpha value is -3.19. The van der Waals surface area contributed by atoms with Crippen LogP contribution in [0.25, 0.3) is 5.69 Å². The lowest BCUT2D eigenvalue weighted by molar-refractivity contribution is -0.123. The van der Waals surface area contributed by atoms with E-state index in [0.717, 1.165) is 0 Å². The van der Waals surface area contributed by atoms with Crippen molar-refractivity contribution in [2.45, 2.75) is 20.0 Å². The van der Waals surface area contributed by atoms with Crippen LogP contribution in [0.15, 0.2) is 60.2 Å². The number of hydrogen-bond donors (Lipinski definition) is 1. The fraction of sp³-hybridized carbons (Fsp3) is 0.150. The van der Waals surface area contributed by atoms with Crippen LogP contribution in [0, 0.1) is 0 Å². The minimum atomic E-state index is -0.968. The Labute approximate surface area is 160 Å². The second-order valence-electron chi connectivity index (χ2n) is 5.90. The summed E-state index contributed by atoms with van der Waals surface area (Å²) in [5.74, 6) is -1.05. The number of ether oxygens (including phenoxy) is 1. The van der Waals surface area contributed by atoms with Crippen molar-refractivity contribution in [1.82, 2.24) is 4.57 Å². The van der Waals surface area contributed by atoms with Gasteiger partial charge in [0.05, 0.1) is 5.69 Å². The fourth-order valence-corrected chi connectivity index (χ4v) is 3.23. The number of ketones is 1. The molecular weight excluding hydrogens is 364 g/mol.